The van der Waals surface area contributed by atoms with Gasteiger partial charge in [0.05, 0.1) is 0 Å². The average Bonchev–Trinajstić information content (AvgIpc) is 2.84. The molecule has 0 saturated heterocycles. The van der Waals surface area contributed by atoms with Crippen LogP contribution in [0.2, 0.25) is 0 Å². The van der Waals surface area contributed by atoms with Crippen molar-refractivity contribution in [3.05, 3.63) is 59.7 Å². The fraction of sp³-hybridized carbons (Fsp3) is 0.350. The minimum atomic E-state index is -0.628. The number of amides is 1. The lowest BCUT2D eigenvalue weighted by atomic mass is 9.73. The predicted octanol–water partition coefficient (Wildman–Crippen LogP) is 3.22. The van der Waals surface area contributed by atoms with Crippen LogP contribution >= 0.6 is 0 Å². The third kappa shape index (κ3) is 2.45. The molecule has 0 aliphatic heterocycles. The Labute approximate surface area is 137 Å². The van der Waals surface area contributed by atoms with E-state index in [4.69, 9.17) is 5.73 Å². The minimum Gasteiger partial charge on any atom is -0.353 e. The van der Waals surface area contributed by atoms with E-state index in [0.29, 0.717) is 6.54 Å². The van der Waals surface area contributed by atoms with Crippen LogP contribution in [0.1, 0.15) is 37.8 Å². The monoisotopic (exact) mass is 308 g/mol. The molecule has 3 rings (SSSR count). The summed E-state index contributed by atoms with van der Waals surface area (Å²) in [6, 6.07) is 16.6. The van der Waals surface area contributed by atoms with Gasteiger partial charge in [-0.2, -0.15) is 0 Å². The zero-order valence-electron chi connectivity index (χ0n) is 13.8. The quantitative estimate of drug-likeness (QED) is 0.891. The number of hydrogen-bond donors (Lipinski definition) is 2. The second-order valence-electron chi connectivity index (χ2n) is 6.52. The molecule has 3 heteroatoms. The number of nitrogens with two attached hydrogens (primary N) is 1. The third-order valence-corrected chi connectivity index (χ3v) is 4.63. The molecule has 0 radical (unpaired) electrons. The molecule has 0 unspecified atom stereocenters. The molecule has 2 aromatic rings. The number of nitrogens with one attached hydrogen (secondary N) is 1. The number of fused-ring (bicyclic) bond motifs is 3. The molecular formula is C20H24N2O. The molecule has 0 atom stereocenters. The van der Waals surface area contributed by atoms with Gasteiger partial charge in [0.1, 0.15) is 5.41 Å². The molecule has 3 nitrogen and oxygen atoms in total. The van der Waals surface area contributed by atoms with E-state index in [9.17, 15) is 4.79 Å². The van der Waals surface area contributed by atoms with Crippen molar-refractivity contribution in [3.8, 4) is 11.1 Å². The molecule has 120 valence electrons. The van der Waals surface area contributed by atoms with Crippen molar-refractivity contribution in [2.24, 2.45) is 5.73 Å². The lowest BCUT2D eigenvalue weighted by molar-refractivity contribution is -0.126. The van der Waals surface area contributed by atoms with Crippen molar-refractivity contribution >= 4 is 5.91 Å². The van der Waals surface area contributed by atoms with Crippen LogP contribution in [0.4, 0.5) is 0 Å². The standard InChI is InChI=1S/C20H24N2O/c1-14(2)22-19(23)20(12-7-13-21)17-10-5-3-8-15(17)16-9-4-6-11-18(16)20/h3-6,8-11,14H,7,12-13,21H2,1-2H3,(H,22,23). The normalized spacial score (nSPS) is 14.4. The first kappa shape index (κ1) is 15.8. The molecule has 0 bridgehead atoms. The Morgan fingerprint density at radius 2 is 1.57 bits per heavy atom. The van der Waals surface area contributed by atoms with Gasteiger partial charge in [0.2, 0.25) is 5.91 Å². The van der Waals surface area contributed by atoms with E-state index in [1.54, 1.807) is 0 Å². The highest BCUT2D eigenvalue weighted by Gasteiger charge is 2.48. The first-order valence-corrected chi connectivity index (χ1v) is 8.31. The summed E-state index contributed by atoms with van der Waals surface area (Å²) in [4.78, 5) is 13.3. The Kier molecular flexibility index (Phi) is 4.22. The van der Waals surface area contributed by atoms with Gasteiger partial charge >= 0.3 is 0 Å². The van der Waals surface area contributed by atoms with Crippen LogP contribution in [0.15, 0.2) is 48.5 Å². The maximum absolute atomic E-state index is 13.3. The van der Waals surface area contributed by atoms with Gasteiger partial charge in [-0.15, -0.1) is 0 Å². The average molecular weight is 308 g/mol. The first-order valence-electron chi connectivity index (χ1n) is 8.31. The van der Waals surface area contributed by atoms with E-state index in [1.165, 1.54) is 11.1 Å². The van der Waals surface area contributed by atoms with Crippen LogP contribution in [0.25, 0.3) is 11.1 Å². The van der Waals surface area contributed by atoms with Gasteiger partial charge in [0.25, 0.3) is 0 Å². The molecule has 0 fully saturated rings. The second kappa shape index (κ2) is 6.17. The Bertz CT molecular complexity index is 676. The highest BCUT2D eigenvalue weighted by atomic mass is 16.2. The zero-order valence-corrected chi connectivity index (χ0v) is 13.8. The largest absolute Gasteiger partial charge is 0.353 e. The molecule has 3 N–H and O–H groups in total. The number of carbonyl (C=O) groups excluding carboxylic acids is 1. The van der Waals surface area contributed by atoms with Crippen LogP contribution in [-0.2, 0) is 10.2 Å². The summed E-state index contributed by atoms with van der Waals surface area (Å²) in [5.41, 5.74) is 9.69. The smallest absolute Gasteiger partial charge is 0.235 e. The van der Waals surface area contributed by atoms with Gasteiger partial charge < -0.3 is 11.1 Å². The predicted molar refractivity (Wildman–Crippen MR) is 94.2 cm³/mol. The van der Waals surface area contributed by atoms with Crippen LogP contribution in [0.5, 0.6) is 0 Å². The second-order valence-corrected chi connectivity index (χ2v) is 6.52. The number of hydrogen-bond acceptors (Lipinski definition) is 2. The van der Waals surface area contributed by atoms with Crippen molar-refractivity contribution in [2.75, 3.05) is 6.54 Å². The van der Waals surface area contributed by atoms with Crippen molar-refractivity contribution < 1.29 is 4.79 Å². The lowest BCUT2D eigenvalue weighted by Crippen LogP contribution is -2.46. The molecule has 1 amide bonds. The summed E-state index contributed by atoms with van der Waals surface area (Å²) in [5.74, 6) is 0.0818. The fourth-order valence-electron chi connectivity index (χ4n) is 3.71. The Hall–Kier alpha value is -2.13. The van der Waals surface area contributed by atoms with Gasteiger partial charge in [-0.05, 0) is 55.5 Å². The summed E-state index contributed by atoms with van der Waals surface area (Å²) in [7, 11) is 0. The highest BCUT2D eigenvalue weighted by molar-refractivity contribution is 6.00. The van der Waals surface area contributed by atoms with Crippen molar-refractivity contribution in [3.63, 3.8) is 0 Å². The molecule has 0 heterocycles. The molecule has 1 aliphatic rings. The highest BCUT2D eigenvalue weighted by Crippen LogP contribution is 2.51. The molecular weight excluding hydrogens is 284 g/mol. The lowest BCUT2D eigenvalue weighted by Gasteiger charge is -2.31. The molecule has 2 aromatic carbocycles. The number of rotatable bonds is 5. The van der Waals surface area contributed by atoms with Gasteiger partial charge in [-0.25, -0.2) is 0 Å². The molecule has 1 aliphatic carbocycles. The number of benzene rings is 2. The Morgan fingerprint density at radius 3 is 2.04 bits per heavy atom. The minimum absolute atomic E-state index is 0.0818. The summed E-state index contributed by atoms with van der Waals surface area (Å²) < 4.78 is 0. The van der Waals surface area contributed by atoms with Crippen LogP contribution in [0, 0.1) is 0 Å². The van der Waals surface area contributed by atoms with Crippen LogP contribution in [-0.4, -0.2) is 18.5 Å². The fourth-order valence-corrected chi connectivity index (χ4v) is 3.71. The Morgan fingerprint density at radius 1 is 1.04 bits per heavy atom. The molecule has 23 heavy (non-hydrogen) atoms. The van der Waals surface area contributed by atoms with E-state index in [0.717, 1.165) is 24.0 Å². The van der Waals surface area contributed by atoms with Crippen molar-refractivity contribution in [1.82, 2.24) is 5.32 Å². The third-order valence-electron chi connectivity index (χ3n) is 4.63. The van der Waals surface area contributed by atoms with Gasteiger partial charge in [-0.1, -0.05) is 48.5 Å². The summed E-state index contributed by atoms with van der Waals surface area (Å²) in [6.07, 6.45) is 1.55. The van der Waals surface area contributed by atoms with Gasteiger partial charge in [0.15, 0.2) is 0 Å². The van der Waals surface area contributed by atoms with E-state index < -0.39 is 5.41 Å². The summed E-state index contributed by atoms with van der Waals surface area (Å²) >= 11 is 0. The maximum atomic E-state index is 13.3. The SMILES string of the molecule is CC(C)NC(=O)C1(CCCN)c2ccccc2-c2ccccc21. The van der Waals surface area contributed by atoms with Crippen molar-refractivity contribution in [1.29, 1.82) is 0 Å². The van der Waals surface area contributed by atoms with E-state index in [1.807, 2.05) is 38.1 Å². The molecule has 0 saturated carbocycles. The van der Waals surface area contributed by atoms with Crippen LogP contribution < -0.4 is 11.1 Å². The topological polar surface area (TPSA) is 55.1 Å². The van der Waals surface area contributed by atoms with E-state index in [2.05, 4.69) is 29.6 Å². The summed E-state index contributed by atoms with van der Waals surface area (Å²) in [5, 5.41) is 3.14. The van der Waals surface area contributed by atoms with Gasteiger partial charge in [0, 0.05) is 6.04 Å². The number of carbonyl (C=O) groups is 1. The Balaban J connectivity index is 2.23. The van der Waals surface area contributed by atoms with Crippen molar-refractivity contribution in [2.45, 2.75) is 38.1 Å². The zero-order chi connectivity index (χ0) is 16.4. The molecule has 0 aromatic heterocycles. The van der Waals surface area contributed by atoms with E-state index in [-0.39, 0.29) is 11.9 Å². The summed E-state index contributed by atoms with van der Waals surface area (Å²) in [6.45, 7) is 4.59. The first-order chi connectivity index (χ1) is 11.1. The molecule has 0 spiro atoms. The van der Waals surface area contributed by atoms with Crippen LogP contribution in [0.3, 0.4) is 0 Å². The van der Waals surface area contributed by atoms with Gasteiger partial charge in [-0.3, -0.25) is 4.79 Å². The maximum Gasteiger partial charge on any atom is 0.235 e. The van der Waals surface area contributed by atoms with E-state index >= 15 is 0 Å².